The lowest BCUT2D eigenvalue weighted by molar-refractivity contribution is -0.164. The highest BCUT2D eigenvalue weighted by atomic mass is 16.6. The van der Waals surface area contributed by atoms with Crippen molar-refractivity contribution in [2.24, 2.45) is 33.5 Å². The highest BCUT2D eigenvalue weighted by molar-refractivity contribution is 6.06. The van der Waals surface area contributed by atoms with E-state index >= 15 is 0 Å². The van der Waals surface area contributed by atoms with Crippen molar-refractivity contribution >= 4 is 17.5 Å². The van der Waals surface area contributed by atoms with E-state index in [0.29, 0.717) is 12.1 Å². The molecule has 170 valence electrons. The Morgan fingerprint density at radius 1 is 1.12 bits per heavy atom. The standard InChI is InChI=1S/C26H31NO5/c1-22(2)16(28)7-9-23(3)15-6-10-24(4)14(13-8-11-27-21(13)31)12-17-26(24,32-17)25(15,5)20(30)18(29)19(22)23/h7-9,14-15,17,29H,6,10-12H2,1-5H3,(H,27,31)/t14?,15-,17?,23-,24+,25+,26-/m1/s1. The molecule has 2 saturated carbocycles. The number of amides is 1. The Labute approximate surface area is 188 Å². The fourth-order valence-electron chi connectivity index (χ4n) is 9.03. The van der Waals surface area contributed by atoms with Gasteiger partial charge in [-0.05, 0) is 63.5 Å². The minimum absolute atomic E-state index is 0.0117. The molecule has 6 heteroatoms. The van der Waals surface area contributed by atoms with Crippen LogP contribution in [0.1, 0.15) is 53.9 Å². The second kappa shape index (κ2) is 5.46. The van der Waals surface area contributed by atoms with Crippen LogP contribution in [-0.2, 0) is 19.1 Å². The van der Waals surface area contributed by atoms with Crippen molar-refractivity contribution in [3.8, 4) is 0 Å². The lowest BCUT2D eigenvalue weighted by Crippen LogP contribution is -2.66. The molecule has 1 saturated heterocycles. The number of carbonyl (C=O) groups is 3. The molecule has 2 unspecified atom stereocenters. The molecule has 1 spiro atoms. The van der Waals surface area contributed by atoms with E-state index in [1.54, 1.807) is 19.9 Å². The Morgan fingerprint density at radius 2 is 1.84 bits per heavy atom. The predicted molar refractivity (Wildman–Crippen MR) is 116 cm³/mol. The number of hydrogen-bond acceptors (Lipinski definition) is 5. The molecular formula is C26H31NO5. The summed E-state index contributed by atoms with van der Waals surface area (Å²) >= 11 is 0. The van der Waals surface area contributed by atoms with Crippen LogP contribution in [0.3, 0.4) is 0 Å². The van der Waals surface area contributed by atoms with Gasteiger partial charge in [0, 0.05) is 22.9 Å². The molecule has 0 bridgehead atoms. The number of Topliss-reactive ketones (excluding diaryl/α,β-unsaturated/α-hetero) is 1. The van der Waals surface area contributed by atoms with Gasteiger partial charge in [0.25, 0.3) is 0 Å². The van der Waals surface area contributed by atoms with Crippen LogP contribution in [0, 0.1) is 33.5 Å². The second-order valence-corrected chi connectivity index (χ2v) is 11.9. The number of fused-ring (bicyclic) bond motifs is 3. The molecule has 0 aromatic rings. The fourth-order valence-corrected chi connectivity index (χ4v) is 9.03. The summed E-state index contributed by atoms with van der Waals surface area (Å²) in [5, 5.41) is 14.3. The van der Waals surface area contributed by atoms with Crippen LogP contribution in [0.2, 0.25) is 0 Å². The van der Waals surface area contributed by atoms with E-state index in [4.69, 9.17) is 4.74 Å². The number of hydrogen-bond donors (Lipinski definition) is 2. The number of epoxide rings is 1. The molecule has 3 fully saturated rings. The summed E-state index contributed by atoms with van der Waals surface area (Å²) in [6.45, 7) is 10.4. The summed E-state index contributed by atoms with van der Waals surface area (Å²) in [5.74, 6) is -0.724. The number of ether oxygens (including phenoxy) is 1. The van der Waals surface area contributed by atoms with Crippen molar-refractivity contribution in [2.45, 2.75) is 65.6 Å². The molecular weight excluding hydrogens is 406 g/mol. The van der Waals surface area contributed by atoms with E-state index in [1.807, 2.05) is 19.1 Å². The summed E-state index contributed by atoms with van der Waals surface area (Å²) in [6.07, 6.45) is 7.75. The van der Waals surface area contributed by atoms with Gasteiger partial charge in [0.15, 0.2) is 11.5 Å². The van der Waals surface area contributed by atoms with Crippen LogP contribution >= 0.6 is 0 Å². The van der Waals surface area contributed by atoms with Gasteiger partial charge in [0.05, 0.1) is 16.9 Å². The quantitative estimate of drug-likeness (QED) is 0.614. The Balaban J connectivity index is 1.54. The minimum atomic E-state index is -0.933. The maximum absolute atomic E-state index is 14.1. The van der Waals surface area contributed by atoms with Crippen LogP contribution in [0.25, 0.3) is 0 Å². The lowest BCUT2D eigenvalue weighted by Gasteiger charge is -2.62. The Kier molecular flexibility index (Phi) is 3.48. The van der Waals surface area contributed by atoms with Crippen LogP contribution < -0.4 is 5.32 Å². The number of carbonyl (C=O) groups excluding carboxylic acids is 3. The number of ketones is 2. The van der Waals surface area contributed by atoms with E-state index in [9.17, 15) is 19.5 Å². The van der Waals surface area contributed by atoms with Gasteiger partial charge in [-0.25, -0.2) is 0 Å². The number of aliphatic hydroxyl groups excluding tert-OH is 1. The maximum atomic E-state index is 14.1. The maximum Gasteiger partial charge on any atom is 0.247 e. The molecule has 0 radical (unpaired) electrons. The van der Waals surface area contributed by atoms with Gasteiger partial charge in [0.1, 0.15) is 5.60 Å². The number of nitrogens with one attached hydrogen (secondary N) is 1. The van der Waals surface area contributed by atoms with Gasteiger partial charge in [-0.2, -0.15) is 0 Å². The minimum Gasteiger partial charge on any atom is -0.504 e. The van der Waals surface area contributed by atoms with E-state index in [1.165, 1.54) is 0 Å². The topological polar surface area (TPSA) is 96.0 Å². The fraction of sp³-hybridized carbons (Fsp3) is 0.654. The first-order valence-electron chi connectivity index (χ1n) is 11.8. The SMILES string of the molecule is CC1(C)C(=O)C=C[C@@]2(C)C1=C(O)C(=O)[C@]1(C)[C@@H]2CC[C@@]2(C)C(C3=CCNC3=O)CC3O[C@]321. The zero-order chi connectivity index (χ0) is 23.1. The summed E-state index contributed by atoms with van der Waals surface area (Å²) in [6, 6.07) is 0. The Morgan fingerprint density at radius 3 is 2.50 bits per heavy atom. The van der Waals surface area contributed by atoms with Crippen LogP contribution in [0.4, 0.5) is 0 Å². The molecule has 6 aliphatic rings. The van der Waals surface area contributed by atoms with Gasteiger partial charge in [-0.3, -0.25) is 14.4 Å². The average molecular weight is 438 g/mol. The van der Waals surface area contributed by atoms with E-state index in [0.717, 1.165) is 24.8 Å². The first kappa shape index (κ1) is 20.4. The normalized spacial score (nSPS) is 50.3. The molecule has 4 aliphatic carbocycles. The van der Waals surface area contributed by atoms with E-state index in [-0.39, 0.29) is 46.6 Å². The van der Waals surface area contributed by atoms with Crippen LogP contribution in [0.5, 0.6) is 0 Å². The summed E-state index contributed by atoms with van der Waals surface area (Å²) in [4.78, 5) is 39.3. The zero-order valence-corrected chi connectivity index (χ0v) is 19.4. The lowest BCUT2D eigenvalue weighted by atomic mass is 9.39. The number of allylic oxidation sites excluding steroid dienone is 4. The first-order valence-corrected chi connectivity index (χ1v) is 11.8. The van der Waals surface area contributed by atoms with Crippen molar-refractivity contribution in [1.82, 2.24) is 5.32 Å². The second-order valence-electron chi connectivity index (χ2n) is 11.9. The summed E-state index contributed by atoms with van der Waals surface area (Å²) < 4.78 is 6.46. The Bertz CT molecular complexity index is 1110. The van der Waals surface area contributed by atoms with Crippen LogP contribution in [-0.4, -0.2) is 40.8 Å². The third-order valence-electron chi connectivity index (χ3n) is 10.4. The van der Waals surface area contributed by atoms with Gasteiger partial charge in [-0.15, -0.1) is 0 Å². The van der Waals surface area contributed by atoms with Gasteiger partial charge >= 0.3 is 0 Å². The predicted octanol–water partition coefficient (Wildman–Crippen LogP) is 3.19. The zero-order valence-electron chi connectivity index (χ0n) is 19.4. The molecule has 0 aromatic heterocycles. The molecule has 32 heavy (non-hydrogen) atoms. The van der Waals surface area contributed by atoms with Crippen molar-refractivity contribution < 1.29 is 24.2 Å². The monoisotopic (exact) mass is 437 g/mol. The average Bonchev–Trinajstić information content (AvgIpc) is 3.21. The van der Waals surface area contributed by atoms with Crippen LogP contribution in [0.15, 0.2) is 35.1 Å². The Hall–Kier alpha value is -2.21. The number of rotatable bonds is 1. The van der Waals surface area contributed by atoms with E-state index < -0.39 is 21.8 Å². The molecule has 0 aromatic carbocycles. The largest absolute Gasteiger partial charge is 0.504 e. The highest BCUT2D eigenvalue weighted by Gasteiger charge is 2.87. The number of aliphatic hydroxyl groups is 1. The van der Waals surface area contributed by atoms with E-state index in [2.05, 4.69) is 19.2 Å². The molecule has 2 aliphatic heterocycles. The molecule has 7 atom stereocenters. The van der Waals surface area contributed by atoms with Gasteiger partial charge < -0.3 is 15.2 Å². The van der Waals surface area contributed by atoms with Crippen molar-refractivity contribution in [3.05, 3.63) is 35.1 Å². The first-order chi connectivity index (χ1) is 14.9. The molecule has 2 heterocycles. The highest BCUT2D eigenvalue weighted by Crippen LogP contribution is 2.80. The van der Waals surface area contributed by atoms with Gasteiger partial charge in [-0.1, -0.05) is 26.0 Å². The molecule has 6 nitrogen and oxygen atoms in total. The summed E-state index contributed by atoms with van der Waals surface area (Å²) in [5.41, 5.74) is -2.19. The third kappa shape index (κ3) is 1.82. The molecule has 1 amide bonds. The third-order valence-corrected chi connectivity index (χ3v) is 10.4. The molecule has 2 N–H and O–H groups in total. The van der Waals surface area contributed by atoms with Crippen molar-refractivity contribution in [2.75, 3.05) is 6.54 Å². The van der Waals surface area contributed by atoms with Crippen molar-refractivity contribution in [3.63, 3.8) is 0 Å². The molecule has 6 rings (SSSR count). The van der Waals surface area contributed by atoms with Gasteiger partial charge in [0.2, 0.25) is 11.7 Å². The smallest absolute Gasteiger partial charge is 0.247 e. The van der Waals surface area contributed by atoms with Crippen molar-refractivity contribution in [1.29, 1.82) is 0 Å². The summed E-state index contributed by atoms with van der Waals surface area (Å²) in [7, 11) is 0.